The zero-order valence-electron chi connectivity index (χ0n) is 8.47. The van der Waals surface area contributed by atoms with Gasteiger partial charge in [-0.15, -0.1) is 0 Å². The molecule has 2 rings (SSSR count). The third kappa shape index (κ3) is 2.07. The minimum atomic E-state index is 0.725. The Labute approximate surface area is 81.6 Å². The second-order valence-electron chi connectivity index (χ2n) is 4.67. The molecule has 0 radical (unpaired) electrons. The molecule has 2 fully saturated rings. The SMILES string of the molecule is C=CNC1CCC2CCCC2CC1. The monoisotopic (exact) mass is 179 g/mol. The molecule has 74 valence electrons. The summed E-state index contributed by atoms with van der Waals surface area (Å²) in [6.45, 7) is 3.75. The Morgan fingerprint density at radius 2 is 1.54 bits per heavy atom. The maximum Gasteiger partial charge on any atom is 0.0255 e. The first kappa shape index (κ1) is 9.11. The molecule has 2 saturated carbocycles. The lowest BCUT2D eigenvalue weighted by Crippen LogP contribution is -2.22. The van der Waals surface area contributed by atoms with Crippen LogP contribution < -0.4 is 5.32 Å². The lowest BCUT2D eigenvalue weighted by Gasteiger charge is -2.14. The molecule has 13 heavy (non-hydrogen) atoms. The Hall–Kier alpha value is -0.460. The Morgan fingerprint density at radius 3 is 2.08 bits per heavy atom. The van der Waals surface area contributed by atoms with E-state index in [9.17, 15) is 0 Å². The molecule has 0 amide bonds. The first-order valence-electron chi connectivity index (χ1n) is 5.77. The fraction of sp³-hybridized carbons (Fsp3) is 0.833. The van der Waals surface area contributed by atoms with Gasteiger partial charge in [0.1, 0.15) is 0 Å². The van der Waals surface area contributed by atoms with Crippen molar-refractivity contribution >= 4 is 0 Å². The molecule has 0 saturated heterocycles. The minimum Gasteiger partial charge on any atom is -0.389 e. The lowest BCUT2D eigenvalue weighted by molar-refractivity contribution is 0.367. The largest absolute Gasteiger partial charge is 0.389 e. The minimum absolute atomic E-state index is 0.725. The van der Waals surface area contributed by atoms with E-state index < -0.39 is 0 Å². The molecular weight excluding hydrogens is 158 g/mol. The van der Waals surface area contributed by atoms with Crippen LogP contribution in [-0.2, 0) is 0 Å². The van der Waals surface area contributed by atoms with Gasteiger partial charge in [-0.3, -0.25) is 0 Å². The molecule has 0 spiro atoms. The molecule has 1 nitrogen and oxygen atoms in total. The van der Waals surface area contributed by atoms with Crippen LogP contribution in [0.1, 0.15) is 44.9 Å². The smallest absolute Gasteiger partial charge is 0.0255 e. The summed E-state index contributed by atoms with van der Waals surface area (Å²) in [6, 6.07) is 0.725. The van der Waals surface area contributed by atoms with Crippen LogP contribution in [0.4, 0.5) is 0 Å². The van der Waals surface area contributed by atoms with Crippen molar-refractivity contribution in [3.05, 3.63) is 12.8 Å². The molecular formula is C12H21N. The summed E-state index contributed by atoms with van der Waals surface area (Å²) >= 11 is 0. The lowest BCUT2D eigenvalue weighted by atomic mass is 9.92. The van der Waals surface area contributed by atoms with Crippen molar-refractivity contribution in [2.24, 2.45) is 11.8 Å². The Kier molecular flexibility index (Phi) is 2.92. The van der Waals surface area contributed by atoms with Crippen LogP contribution in [0.15, 0.2) is 12.8 Å². The second-order valence-corrected chi connectivity index (χ2v) is 4.67. The zero-order valence-corrected chi connectivity index (χ0v) is 8.47. The third-order valence-corrected chi connectivity index (χ3v) is 3.94. The van der Waals surface area contributed by atoms with Gasteiger partial charge in [-0.25, -0.2) is 0 Å². The summed E-state index contributed by atoms with van der Waals surface area (Å²) in [6.07, 6.45) is 12.0. The highest BCUT2D eigenvalue weighted by molar-refractivity contribution is 4.85. The number of hydrogen-bond donors (Lipinski definition) is 1. The van der Waals surface area contributed by atoms with Gasteiger partial charge in [0.15, 0.2) is 0 Å². The normalized spacial score (nSPS) is 39.2. The van der Waals surface area contributed by atoms with E-state index in [1.54, 1.807) is 0 Å². The molecule has 0 bridgehead atoms. The van der Waals surface area contributed by atoms with Crippen LogP contribution >= 0.6 is 0 Å². The molecule has 0 aromatic heterocycles. The van der Waals surface area contributed by atoms with Crippen LogP contribution in [0.5, 0.6) is 0 Å². The fourth-order valence-corrected chi connectivity index (χ4v) is 3.18. The summed E-state index contributed by atoms with van der Waals surface area (Å²) in [5, 5.41) is 3.38. The summed E-state index contributed by atoms with van der Waals surface area (Å²) in [5.41, 5.74) is 0. The van der Waals surface area contributed by atoms with Gasteiger partial charge in [-0.1, -0.05) is 25.8 Å². The first-order chi connectivity index (χ1) is 6.40. The van der Waals surface area contributed by atoms with E-state index in [4.69, 9.17) is 0 Å². The summed E-state index contributed by atoms with van der Waals surface area (Å²) in [5.74, 6) is 2.13. The maximum absolute atomic E-state index is 3.75. The zero-order chi connectivity index (χ0) is 9.10. The predicted molar refractivity (Wildman–Crippen MR) is 56.4 cm³/mol. The van der Waals surface area contributed by atoms with Crippen molar-refractivity contribution in [1.82, 2.24) is 5.32 Å². The molecule has 0 aromatic rings. The molecule has 0 aromatic carbocycles. The first-order valence-corrected chi connectivity index (χ1v) is 5.77. The van der Waals surface area contributed by atoms with E-state index in [0.29, 0.717) is 0 Å². The van der Waals surface area contributed by atoms with Crippen LogP contribution in [0.25, 0.3) is 0 Å². The Balaban J connectivity index is 1.87. The Morgan fingerprint density at radius 1 is 0.923 bits per heavy atom. The summed E-state index contributed by atoms with van der Waals surface area (Å²) < 4.78 is 0. The summed E-state index contributed by atoms with van der Waals surface area (Å²) in [7, 11) is 0. The second kappa shape index (κ2) is 4.17. The van der Waals surface area contributed by atoms with E-state index >= 15 is 0 Å². The molecule has 2 atom stereocenters. The van der Waals surface area contributed by atoms with Gasteiger partial charge in [0.25, 0.3) is 0 Å². The van der Waals surface area contributed by atoms with E-state index in [-0.39, 0.29) is 0 Å². The van der Waals surface area contributed by atoms with E-state index in [1.807, 2.05) is 6.20 Å². The predicted octanol–water partition coefficient (Wildman–Crippen LogP) is 3.08. The Bertz CT molecular complexity index is 162. The quantitative estimate of drug-likeness (QED) is 0.687. The van der Waals surface area contributed by atoms with Gasteiger partial charge in [-0.05, 0) is 43.7 Å². The van der Waals surface area contributed by atoms with E-state index in [2.05, 4.69) is 11.9 Å². The third-order valence-electron chi connectivity index (χ3n) is 3.94. The topological polar surface area (TPSA) is 12.0 Å². The van der Waals surface area contributed by atoms with Crippen LogP contribution in [0.2, 0.25) is 0 Å². The average molecular weight is 179 g/mol. The average Bonchev–Trinajstić information content (AvgIpc) is 2.50. The molecule has 1 heteroatoms. The molecule has 0 aliphatic heterocycles. The fourth-order valence-electron chi connectivity index (χ4n) is 3.18. The van der Waals surface area contributed by atoms with Crippen molar-refractivity contribution in [3.8, 4) is 0 Å². The highest BCUT2D eigenvalue weighted by atomic mass is 14.9. The number of fused-ring (bicyclic) bond motifs is 1. The van der Waals surface area contributed by atoms with Gasteiger partial charge in [0, 0.05) is 6.04 Å². The van der Waals surface area contributed by atoms with Crippen LogP contribution in [0.3, 0.4) is 0 Å². The standard InChI is InChI=1S/C12H21N/c1-2-13-12-8-6-10-4-3-5-11(10)7-9-12/h2,10-13H,1,3-9H2. The van der Waals surface area contributed by atoms with Gasteiger partial charge >= 0.3 is 0 Å². The maximum atomic E-state index is 3.75. The van der Waals surface area contributed by atoms with Crippen molar-refractivity contribution < 1.29 is 0 Å². The molecule has 1 N–H and O–H groups in total. The van der Waals surface area contributed by atoms with Crippen molar-refractivity contribution in [2.45, 2.75) is 51.0 Å². The van der Waals surface area contributed by atoms with E-state index in [0.717, 1.165) is 17.9 Å². The number of rotatable bonds is 2. The van der Waals surface area contributed by atoms with Gasteiger partial charge in [0.2, 0.25) is 0 Å². The molecule has 0 heterocycles. The van der Waals surface area contributed by atoms with Gasteiger partial charge < -0.3 is 5.32 Å². The van der Waals surface area contributed by atoms with Crippen LogP contribution in [0, 0.1) is 11.8 Å². The molecule has 2 unspecified atom stereocenters. The van der Waals surface area contributed by atoms with Gasteiger partial charge in [-0.2, -0.15) is 0 Å². The highest BCUT2D eigenvalue weighted by Gasteiger charge is 2.30. The number of hydrogen-bond acceptors (Lipinski definition) is 1. The van der Waals surface area contributed by atoms with E-state index in [1.165, 1.54) is 44.9 Å². The summed E-state index contributed by atoms with van der Waals surface area (Å²) in [4.78, 5) is 0. The van der Waals surface area contributed by atoms with Crippen molar-refractivity contribution in [1.29, 1.82) is 0 Å². The van der Waals surface area contributed by atoms with Crippen LogP contribution in [-0.4, -0.2) is 6.04 Å². The van der Waals surface area contributed by atoms with Crippen molar-refractivity contribution in [2.75, 3.05) is 0 Å². The van der Waals surface area contributed by atoms with Gasteiger partial charge in [0.05, 0.1) is 0 Å². The highest BCUT2D eigenvalue weighted by Crippen LogP contribution is 2.40. The molecule has 2 aliphatic carbocycles. The van der Waals surface area contributed by atoms with Crippen molar-refractivity contribution in [3.63, 3.8) is 0 Å². The molecule has 2 aliphatic rings. The number of nitrogens with one attached hydrogen (secondary N) is 1.